The van der Waals surface area contributed by atoms with Gasteiger partial charge in [-0.2, -0.15) is 0 Å². The molecule has 1 atom stereocenters. The molecule has 0 spiro atoms. The normalized spacial score (nSPS) is 12.0. The summed E-state index contributed by atoms with van der Waals surface area (Å²) in [6, 6.07) is 9.51. The van der Waals surface area contributed by atoms with Crippen LogP contribution < -0.4 is 5.32 Å². The number of rotatable bonds is 5. The van der Waals surface area contributed by atoms with Gasteiger partial charge in [-0.05, 0) is 42.3 Å². The lowest BCUT2D eigenvalue weighted by molar-refractivity contribution is -0.141. The van der Waals surface area contributed by atoms with Gasteiger partial charge in [0.2, 0.25) is 0 Å². The molecular weight excluding hydrogens is 372 g/mol. The fraction of sp³-hybridized carbons (Fsp3) is 0.200. The molecule has 4 nitrogen and oxygen atoms in total. The first-order valence-electron chi connectivity index (χ1n) is 8.21. The molecule has 1 heterocycles. The molecule has 0 aliphatic rings. The Morgan fingerprint density at radius 2 is 1.85 bits per heavy atom. The van der Waals surface area contributed by atoms with Crippen LogP contribution in [0.1, 0.15) is 33.3 Å². The molecular formula is C20H17F2NO3S. The number of thiophene rings is 1. The molecule has 1 unspecified atom stereocenters. The van der Waals surface area contributed by atoms with Crippen LogP contribution in [-0.2, 0) is 9.53 Å². The van der Waals surface area contributed by atoms with E-state index in [1.165, 1.54) is 48.8 Å². The third-order valence-electron chi connectivity index (χ3n) is 4.29. The van der Waals surface area contributed by atoms with Crippen molar-refractivity contribution in [3.8, 4) is 0 Å². The van der Waals surface area contributed by atoms with Crippen molar-refractivity contribution >= 4 is 33.3 Å². The Hall–Kier alpha value is -2.80. The lowest BCUT2D eigenvalue weighted by Crippen LogP contribution is -2.30. The van der Waals surface area contributed by atoms with Gasteiger partial charge >= 0.3 is 5.97 Å². The second-order valence-electron chi connectivity index (χ2n) is 6.03. The highest BCUT2D eigenvalue weighted by Crippen LogP contribution is 2.33. The van der Waals surface area contributed by atoms with Gasteiger partial charge in [0.05, 0.1) is 24.4 Å². The average Bonchev–Trinajstić information content (AvgIpc) is 2.99. The first-order valence-corrected chi connectivity index (χ1v) is 9.03. The smallest absolute Gasteiger partial charge is 0.307 e. The molecule has 0 radical (unpaired) electrons. The number of benzene rings is 2. The third-order valence-corrected chi connectivity index (χ3v) is 5.54. The summed E-state index contributed by atoms with van der Waals surface area (Å²) in [5, 5.41) is 3.20. The van der Waals surface area contributed by atoms with Gasteiger partial charge in [-0.15, -0.1) is 11.3 Å². The van der Waals surface area contributed by atoms with Gasteiger partial charge in [-0.1, -0.05) is 18.2 Å². The van der Waals surface area contributed by atoms with E-state index in [0.29, 0.717) is 26.1 Å². The molecule has 0 bridgehead atoms. The van der Waals surface area contributed by atoms with Crippen molar-refractivity contribution in [2.75, 3.05) is 7.11 Å². The predicted molar refractivity (Wildman–Crippen MR) is 99.8 cm³/mol. The second-order valence-corrected chi connectivity index (χ2v) is 7.08. The van der Waals surface area contributed by atoms with Gasteiger partial charge in [0, 0.05) is 10.1 Å². The molecule has 27 heavy (non-hydrogen) atoms. The number of nitrogens with one attached hydrogen (secondary N) is 1. The predicted octanol–water partition coefficient (Wildman–Crippen LogP) is 4.52. The highest BCUT2D eigenvalue weighted by Gasteiger charge is 2.23. The zero-order valence-electron chi connectivity index (χ0n) is 14.7. The Morgan fingerprint density at radius 1 is 1.15 bits per heavy atom. The van der Waals surface area contributed by atoms with E-state index in [-0.39, 0.29) is 12.2 Å². The fourth-order valence-electron chi connectivity index (χ4n) is 2.89. The van der Waals surface area contributed by atoms with Crippen molar-refractivity contribution in [1.29, 1.82) is 0 Å². The number of esters is 1. The van der Waals surface area contributed by atoms with Crippen molar-refractivity contribution in [2.45, 2.75) is 19.4 Å². The maximum Gasteiger partial charge on any atom is 0.307 e. The van der Waals surface area contributed by atoms with Crippen LogP contribution in [0.2, 0.25) is 0 Å². The summed E-state index contributed by atoms with van der Waals surface area (Å²) in [5.74, 6) is -1.74. The van der Waals surface area contributed by atoms with Crippen LogP contribution in [0.5, 0.6) is 0 Å². The maximum atomic E-state index is 14.1. The Kier molecular flexibility index (Phi) is 5.51. The SMILES string of the molecule is COC(=O)CC(NC(=O)c1sc2cccc(F)c2c1C)c1ccc(F)cc1. The number of amides is 1. The Bertz CT molecular complexity index is 998. The number of aryl methyl sites for hydroxylation is 1. The molecule has 7 heteroatoms. The highest BCUT2D eigenvalue weighted by molar-refractivity contribution is 7.21. The average molecular weight is 389 g/mol. The van der Waals surface area contributed by atoms with E-state index >= 15 is 0 Å². The van der Waals surface area contributed by atoms with E-state index in [4.69, 9.17) is 0 Å². The number of carbonyl (C=O) groups is 2. The third kappa shape index (κ3) is 3.98. The minimum absolute atomic E-state index is 0.105. The zero-order valence-corrected chi connectivity index (χ0v) is 15.5. The number of ether oxygens (including phenoxy) is 1. The van der Waals surface area contributed by atoms with Gasteiger partial charge in [-0.3, -0.25) is 9.59 Å². The highest BCUT2D eigenvalue weighted by atomic mass is 32.1. The summed E-state index contributed by atoms with van der Waals surface area (Å²) >= 11 is 1.18. The molecule has 0 fully saturated rings. The molecule has 140 valence electrons. The van der Waals surface area contributed by atoms with Crippen LogP contribution in [-0.4, -0.2) is 19.0 Å². The number of methoxy groups -OCH3 is 1. The van der Waals surface area contributed by atoms with Gasteiger partial charge in [-0.25, -0.2) is 8.78 Å². The van der Waals surface area contributed by atoms with Gasteiger partial charge in [0.1, 0.15) is 11.6 Å². The molecule has 3 rings (SSSR count). The molecule has 2 aromatic carbocycles. The number of fused-ring (bicyclic) bond motifs is 1. The molecule has 3 aromatic rings. The van der Waals surface area contributed by atoms with Gasteiger partial charge in [0.15, 0.2) is 0 Å². The molecule has 1 N–H and O–H groups in total. The van der Waals surface area contributed by atoms with Crippen molar-refractivity contribution in [2.24, 2.45) is 0 Å². The van der Waals surface area contributed by atoms with Crippen LogP contribution in [0, 0.1) is 18.6 Å². The van der Waals surface area contributed by atoms with Crippen LogP contribution in [0.25, 0.3) is 10.1 Å². The van der Waals surface area contributed by atoms with Gasteiger partial charge < -0.3 is 10.1 Å². The monoisotopic (exact) mass is 389 g/mol. The topological polar surface area (TPSA) is 55.4 Å². The van der Waals surface area contributed by atoms with Crippen molar-refractivity contribution in [1.82, 2.24) is 5.32 Å². The Labute approximate surface area is 158 Å². The first-order chi connectivity index (χ1) is 12.9. The Balaban J connectivity index is 1.92. The van der Waals surface area contributed by atoms with E-state index in [2.05, 4.69) is 10.1 Å². The van der Waals surface area contributed by atoms with Gasteiger partial charge in [0.25, 0.3) is 5.91 Å². The lowest BCUT2D eigenvalue weighted by atomic mass is 10.0. The summed E-state index contributed by atoms with van der Waals surface area (Å²) < 4.78 is 32.6. The number of hydrogen-bond acceptors (Lipinski definition) is 4. The van der Waals surface area contributed by atoms with Crippen LogP contribution in [0.3, 0.4) is 0 Å². The number of carbonyl (C=O) groups excluding carboxylic acids is 2. The Morgan fingerprint density at radius 3 is 2.48 bits per heavy atom. The van der Waals surface area contributed by atoms with Crippen molar-refractivity contribution < 1.29 is 23.1 Å². The summed E-state index contributed by atoms with van der Waals surface area (Å²) in [6.45, 7) is 1.68. The maximum absolute atomic E-state index is 14.1. The lowest BCUT2D eigenvalue weighted by Gasteiger charge is -2.18. The fourth-order valence-corrected chi connectivity index (χ4v) is 4.02. The molecule has 0 aliphatic carbocycles. The standard InChI is InChI=1S/C20H17F2NO3S/c1-11-18-14(22)4-3-5-16(18)27-19(11)20(25)23-15(10-17(24)26-2)12-6-8-13(21)9-7-12/h3-9,15H,10H2,1-2H3,(H,23,25). The molecule has 1 aromatic heterocycles. The van der Waals surface area contributed by atoms with E-state index in [1.807, 2.05) is 0 Å². The summed E-state index contributed by atoms with van der Waals surface area (Å²) in [6.07, 6.45) is -0.105. The van der Waals surface area contributed by atoms with E-state index in [9.17, 15) is 18.4 Å². The zero-order chi connectivity index (χ0) is 19.6. The number of hydrogen-bond donors (Lipinski definition) is 1. The molecule has 0 saturated heterocycles. The molecule has 1 amide bonds. The minimum Gasteiger partial charge on any atom is -0.469 e. The van der Waals surface area contributed by atoms with E-state index < -0.39 is 23.7 Å². The minimum atomic E-state index is -0.694. The van der Waals surface area contributed by atoms with Crippen LogP contribution in [0.4, 0.5) is 8.78 Å². The quantitative estimate of drug-likeness (QED) is 0.653. The summed E-state index contributed by atoms with van der Waals surface area (Å²) in [7, 11) is 1.25. The second kappa shape index (κ2) is 7.84. The number of halogens is 2. The molecule has 0 aliphatic heterocycles. The van der Waals surface area contributed by atoms with Crippen LogP contribution >= 0.6 is 11.3 Å². The van der Waals surface area contributed by atoms with Crippen LogP contribution in [0.15, 0.2) is 42.5 Å². The summed E-state index contributed by atoms with van der Waals surface area (Å²) in [5.41, 5.74) is 1.11. The molecule has 0 saturated carbocycles. The van der Waals surface area contributed by atoms with Crippen molar-refractivity contribution in [3.63, 3.8) is 0 Å². The van der Waals surface area contributed by atoms with Crippen molar-refractivity contribution in [3.05, 3.63) is 70.1 Å². The summed E-state index contributed by atoms with van der Waals surface area (Å²) in [4.78, 5) is 24.9. The van der Waals surface area contributed by atoms with E-state index in [1.54, 1.807) is 19.1 Å². The largest absolute Gasteiger partial charge is 0.469 e. The first kappa shape index (κ1) is 19.0. The van der Waals surface area contributed by atoms with E-state index in [0.717, 1.165) is 0 Å².